The van der Waals surface area contributed by atoms with Gasteiger partial charge in [0.05, 0.1) is 23.3 Å². The van der Waals surface area contributed by atoms with E-state index in [1.54, 1.807) is 12.1 Å². The molecule has 158 valence electrons. The lowest BCUT2D eigenvalue weighted by atomic mass is 9.81. The van der Waals surface area contributed by atoms with Crippen molar-refractivity contribution in [2.24, 2.45) is 0 Å². The minimum absolute atomic E-state index is 0.162. The fourth-order valence-corrected chi connectivity index (χ4v) is 4.78. The second kappa shape index (κ2) is 7.15. The van der Waals surface area contributed by atoms with Crippen LogP contribution in [0.4, 0.5) is 4.39 Å². The van der Waals surface area contributed by atoms with Gasteiger partial charge in [-0.1, -0.05) is 29.8 Å². The molecule has 31 heavy (non-hydrogen) atoms. The van der Waals surface area contributed by atoms with Crippen LogP contribution in [0, 0.1) is 12.7 Å². The minimum atomic E-state index is -0.854. The topological polar surface area (TPSA) is 55.2 Å². The van der Waals surface area contributed by atoms with Gasteiger partial charge in [-0.15, -0.1) is 0 Å². The summed E-state index contributed by atoms with van der Waals surface area (Å²) >= 11 is 0. The average Bonchev–Trinajstić information content (AvgIpc) is 3.41. The summed E-state index contributed by atoms with van der Waals surface area (Å²) in [5.41, 5.74) is 4.86. The van der Waals surface area contributed by atoms with E-state index in [9.17, 15) is 14.0 Å². The number of aryl methyl sites for hydroxylation is 1. The van der Waals surface area contributed by atoms with E-state index in [2.05, 4.69) is 0 Å². The van der Waals surface area contributed by atoms with E-state index in [1.165, 1.54) is 17.0 Å². The summed E-state index contributed by atoms with van der Waals surface area (Å²) in [7, 11) is 0. The molecule has 0 radical (unpaired) electrons. The van der Waals surface area contributed by atoms with Crippen LogP contribution in [0.3, 0.4) is 0 Å². The van der Waals surface area contributed by atoms with Crippen molar-refractivity contribution in [1.29, 1.82) is 0 Å². The highest BCUT2D eigenvalue weighted by molar-refractivity contribution is 6.08. The fourth-order valence-electron chi connectivity index (χ4n) is 4.78. The zero-order valence-corrected chi connectivity index (χ0v) is 17.7. The fraction of sp³-hybridized carbons (Fsp3) is 0.320. The van der Waals surface area contributed by atoms with Crippen LogP contribution in [0.2, 0.25) is 0 Å². The zero-order chi connectivity index (χ0) is 21.8. The van der Waals surface area contributed by atoms with Crippen molar-refractivity contribution in [3.8, 4) is 5.69 Å². The van der Waals surface area contributed by atoms with Gasteiger partial charge in [0.1, 0.15) is 5.82 Å². The number of aromatic nitrogens is 2. The van der Waals surface area contributed by atoms with Crippen molar-refractivity contribution in [2.75, 3.05) is 0 Å². The number of imide groups is 1. The first kappa shape index (κ1) is 19.7. The third kappa shape index (κ3) is 3.17. The molecule has 0 bridgehead atoms. The van der Waals surface area contributed by atoms with Crippen molar-refractivity contribution < 1.29 is 14.0 Å². The van der Waals surface area contributed by atoms with Crippen LogP contribution in [0.25, 0.3) is 5.69 Å². The molecule has 2 amide bonds. The van der Waals surface area contributed by atoms with Crippen LogP contribution in [0.5, 0.6) is 0 Å². The summed E-state index contributed by atoms with van der Waals surface area (Å²) in [4.78, 5) is 27.6. The molecule has 0 N–H and O–H groups in total. The number of carbonyl (C=O) groups is 2. The van der Waals surface area contributed by atoms with Gasteiger partial charge < -0.3 is 0 Å². The lowest BCUT2D eigenvalue weighted by Gasteiger charge is -2.22. The largest absolute Gasteiger partial charge is 0.276 e. The summed E-state index contributed by atoms with van der Waals surface area (Å²) < 4.78 is 15.2. The van der Waals surface area contributed by atoms with Gasteiger partial charge in [0.25, 0.3) is 0 Å². The van der Waals surface area contributed by atoms with E-state index in [1.807, 2.05) is 42.8 Å². The van der Waals surface area contributed by atoms with Gasteiger partial charge in [-0.25, -0.2) is 9.07 Å². The number of hydrogen-bond donors (Lipinski definition) is 0. The van der Waals surface area contributed by atoms with Crippen LogP contribution >= 0.6 is 0 Å². The number of likely N-dealkylation sites (tertiary alicyclic amines) is 1. The molecule has 1 saturated heterocycles. The Morgan fingerprint density at radius 3 is 2.45 bits per heavy atom. The Labute approximate surface area is 180 Å². The quantitative estimate of drug-likeness (QED) is 0.603. The number of carbonyl (C=O) groups excluding carboxylic acids is 2. The molecule has 1 atom stereocenters. The molecule has 0 spiro atoms. The van der Waals surface area contributed by atoms with Crippen LogP contribution in [-0.2, 0) is 34.4 Å². The molecule has 1 aliphatic heterocycles. The molecule has 5 rings (SSSR count). The summed E-state index contributed by atoms with van der Waals surface area (Å²) in [5.74, 6) is -0.642. The third-order valence-electron chi connectivity index (χ3n) is 6.60. The zero-order valence-electron chi connectivity index (χ0n) is 17.7. The number of rotatable bonds is 4. The maximum absolute atomic E-state index is 13.4. The Bertz CT molecular complexity index is 1180. The minimum Gasteiger partial charge on any atom is -0.276 e. The van der Waals surface area contributed by atoms with Gasteiger partial charge >= 0.3 is 0 Å². The van der Waals surface area contributed by atoms with Crippen molar-refractivity contribution in [3.05, 3.63) is 82.4 Å². The maximum Gasteiger partial charge on any atom is 0.240 e. The van der Waals surface area contributed by atoms with Crippen molar-refractivity contribution in [2.45, 2.75) is 51.5 Å². The van der Waals surface area contributed by atoms with Gasteiger partial charge in [0.15, 0.2) is 0 Å². The lowest BCUT2D eigenvalue weighted by Crippen LogP contribution is -2.36. The molecule has 6 heteroatoms. The van der Waals surface area contributed by atoms with Gasteiger partial charge in [-0.05, 0) is 68.5 Å². The molecule has 1 aromatic heterocycles. The second-order valence-corrected chi connectivity index (χ2v) is 8.77. The van der Waals surface area contributed by atoms with Crippen LogP contribution in [-0.4, -0.2) is 26.5 Å². The second-order valence-electron chi connectivity index (χ2n) is 8.77. The Morgan fingerprint density at radius 2 is 1.74 bits per heavy atom. The van der Waals surface area contributed by atoms with Gasteiger partial charge in [-0.3, -0.25) is 14.5 Å². The smallest absolute Gasteiger partial charge is 0.240 e. The molecular weight excluding hydrogens is 393 g/mol. The number of hydrogen-bond acceptors (Lipinski definition) is 3. The Balaban J connectivity index is 1.47. The number of nitrogens with zero attached hydrogens (tertiary/aromatic N) is 3. The number of benzene rings is 2. The molecule has 1 fully saturated rings. The molecule has 5 nitrogen and oxygen atoms in total. The standard InChI is InChI=1S/C25H24FN3O2/c1-16-6-8-17(9-7-16)25(2)14-23(30)28(24(25)31)15-21-20-4-3-5-22(20)29(27-21)19-12-10-18(26)11-13-19/h6-13H,3-5,14-15H2,1-2H3. The molecule has 2 aliphatic rings. The summed E-state index contributed by atoms with van der Waals surface area (Å²) in [6.45, 7) is 4.02. The van der Waals surface area contributed by atoms with Crippen molar-refractivity contribution in [3.63, 3.8) is 0 Å². The molecule has 3 aromatic rings. The predicted octanol–water partition coefficient (Wildman–Crippen LogP) is 4.03. The van der Waals surface area contributed by atoms with Crippen LogP contribution < -0.4 is 0 Å². The number of halogens is 1. The van der Waals surface area contributed by atoms with Crippen LogP contribution in [0.15, 0.2) is 48.5 Å². The first-order valence-corrected chi connectivity index (χ1v) is 10.6. The number of amides is 2. The van der Waals surface area contributed by atoms with E-state index in [-0.39, 0.29) is 30.6 Å². The molecule has 1 aliphatic carbocycles. The summed E-state index contributed by atoms with van der Waals surface area (Å²) in [6.07, 6.45) is 2.92. The molecule has 0 saturated carbocycles. The molecular formula is C25H24FN3O2. The third-order valence-corrected chi connectivity index (χ3v) is 6.60. The van der Waals surface area contributed by atoms with Gasteiger partial charge in [0, 0.05) is 12.1 Å². The highest BCUT2D eigenvalue weighted by atomic mass is 19.1. The molecule has 2 aromatic carbocycles. The summed E-state index contributed by atoms with van der Waals surface area (Å²) in [6, 6.07) is 14.0. The number of fused-ring (bicyclic) bond motifs is 1. The van der Waals surface area contributed by atoms with Crippen molar-refractivity contribution in [1.82, 2.24) is 14.7 Å². The Kier molecular flexibility index (Phi) is 4.54. The summed E-state index contributed by atoms with van der Waals surface area (Å²) in [5, 5.41) is 4.74. The highest BCUT2D eigenvalue weighted by Crippen LogP contribution is 2.38. The normalized spacial score (nSPS) is 20.5. The molecule has 1 unspecified atom stereocenters. The van der Waals surface area contributed by atoms with Crippen LogP contribution in [0.1, 0.15) is 47.8 Å². The first-order chi connectivity index (χ1) is 14.9. The van der Waals surface area contributed by atoms with E-state index >= 15 is 0 Å². The SMILES string of the molecule is Cc1ccc(C2(C)CC(=O)N(Cc3nn(-c4ccc(F)cc4)c4c3CCC4)C2=O)cc1. The van der Waals surface area contributed by atoms with E-state index < -0.39 is 5.41 Å². The van der Waals surface area contributed by atoms with E-state index in [0.717, 1.165) is 53.0 Å². The van der Waals surface area contributed by atoms with E-state index in [4.69, 9.17) is 5.10 Å². The van der Waals surface area contributed by atoms with Crippen molar-refractivity contribution >= 4 is 11.8 Å². The average molecular weight is 417 g/mol. The first-order valence-electron chi connectivity index (χ1n) is 10.6. The lowest BCUT2D eigenvalue weighted by molar-refractivity contribution is -0.140. The predicted molar refractivity (Wildman–Crippen MR) is 114 cm³/mol. The Hall–Kier alpha value is -3.28. The highest BCUT2D eigenvalue weighted by Gasteiger charge is 2.49. The molecule has 2 heterocycles. The van der Waals surface area contributed by atoms with Gasteiger partial charge in [-0.2, -0.15) is 5.10 Å². The Morgan fingerprint density at radius 1 is 1.03 bits per heavy atom. The maximum atomic E-state index is 13.4. The van der Waals surface area contributed by atoms with Gasteiger partial charge in [0.2, 0.25) is 11.8 Å². The monoisotopic (exact) mass is 417 g/mol. The van der Waals surface area contributed by atoms with E-state index in [0.29, 0.717) is 0 Å².